The van der Waals surface area contributed by atoms with Gasteiger partial charge in [0.2, 0.25) is 0 Å². The molecule has 2 heterocycles. The smallest absolute Gasteiger partial charge is 0.262 e. The summed E-state index contributed by atoms with van der Waals surface area (Å²) in [6, 6.07) is 2.77. The first-order valence-corrected chi connectivity index (χ1v) is 9.45. The third-order valence-corrected chi connectivity index (χ3v) is 5.97. The molecule has 1 saturated heterocycles. The Kier molecular flexibility index (Phi) is 5.05. The highest BCUT2D eigenvalue weighted by Gasteiger charge is 2.30. The second-order valence-electron chi connectivity index (χ2n) is 6.05. The summed E-state index contributed by atoms with van der Waals surface area (Å²) in [4.78, 5) is 17.8. The van der Waals surface area contributed by atoms with Crippen LogP contribution in [0.4, 0.5) is 8.78 Å². The Hall–Kier alpha value is -2.33. The van der Waals surface area contributed by atoms with Crippen LogP contribution in [0.25, 0.3) is 0 Å². The van der Waals surface area contributed by atoms with Gasteiger partial charge in [0.1, 0.15) is 11.6 Å². The molecule has 140 valence electrons. The fourth-order valence-electron chi connectivity index (χ4n) is 2.82. The topological polar surface area (TPSA) is 75.5 Å². The highest BCUT2D eigenvalue weighted by molar-refractivity contribution is 7.89. The molecule has 0 N–H and O–H groups in total. The zero-order chi connectivity index (χ0) is 18.9. The lowest BCUT2D eigenvalue weighted by Gasteiger charge is -2.21. The van der Waals surface area contributed by atoms with E-state index >= 15 is 0 Å². The van der Waals surface area contributed by atoms with E-state index in [2.05, 4.69) is 4.98 Å². The van der Waals surface area contributed by atoms with Crippen molar-refractivity contribution in [2.45, 2.75) is 11.4 Å². The number of rotatable bonds is 3. The SMILES string of the molecule is Cn1cnc(S(=O)(=O)N2CCCN(C(=O)c3ccc(F)cc3F)CC2)c1. The zero-order valence-corrected chi connectivity index (χ0v) is 14.9. The van der Waals surface area contributed by atoms with Gasteiger partial charge in [0, 0.05) is 45.5 Å². The molecule has 0 atom stereocenters. The van der Waals surface area contributed by atoms with Crippen molar-refractivity contribution in [1.29, 1.82) is 0 Å². The molecule has 26 heavy (non-hydrogen) atoms. The molecular formula is C16H18F2N4O3S. The molecule has 1 aliphatic rings. The molecule has 1 aromatic carbocycles. The van der Waals surface area contributed by atoms with Gasteiger partial charge in [0.15, 0.2) is 5.03 Å². The minimum absolute atomic E-state index is 0.0515. The summed E-state index contributed by atoms with van der Waals surface area (Å²) in [6.07, 6.45) is 3.22. The average molecular weight is 384 g/mol. The van der Waals surface area contributed by atoms with E-state index < -0.39 is 27.6 Å². The van der Waals surface area contributed by atoms with Crippen LogP contribution in [-0.4, -0.2) is 59.3 Å². The molecule has 0 radical (unpaired) electrons. The number of aromatic nitrogens is 2. The van der Waals surface area contributed by atoms with Crippen molar-refractivity contribution in [3.8, 4) is 0 Å². The fraction of sp³-hybridized carbons (Fsp3) is 0.375. The van der Waals surface area contributed by atoms with Crippen LogP contribution < -0.4 is 0 Å². The van der Waals surface area contributed by atoms with Crippen LogP contribution in [0, 0.1) is 11.6 Å². The number of halogens is 2. The molecule has 0 saturated carbocycles. The molecule has 1 amide bonds. The predicted molar refractivity (Wildman–Crippen MR) is 88.8 cm³/mol. The molecule has 10 heteroatoms. The van der Waals surface area contributed by atoms with Crippen molar-refractivity contribution < 1.29 is 22.0 Å². The summed E-state index contributed by atoms with van der Waals surface area (Å²) in [6.45, 7) is 0.702. The van der Waals surface area contributed by atoms with Crippen LogP contribution in [0.3, 0.4) is 0 Å². The largest absolute Gasteiger partial charge is 0.339 e. The standard InChI is InChI=1S/C16H18F2N4O3S/c1-20-10-15(19-11-20)26(24,25)22-6-2-5-21(7-8-22)16(23)13-4-3-12(17)9-14(13)18/h3-4,9-11H,2,5-8H2,1H3. The number of imidazole rings is 1. The van der Waals surface area contributed by atoms with Gasteiger partial charge >= 0.3 is 0 Å². The van der Waals surface area contributed by atoms with Gasteiger partial charge in [0.25, 0.3) is 15.9 Å². The highest BCUT2D eigenvalue weighted by atomic mass is 32.2. The normalized spacial score (nSPS) is 16.5. The number of nitrogens with zero attached hydrogens (tertiary/aromatic N) is 4. The maximum atomic E-state index is 13.8. The summed E-state index contributed by atoms with van der Waals surface area (Å²) in [5, 5.41) is -0.0515. The third-order valence-electron chi connectivity index (χ3n) is 4.19. The highest BCUT2D eigenvalue weighted by Crippen LogP contribution is 2.18. The summed E-state index contributed by atoms with van der Waals surface area (Å²) >= 11 is 0. The van der Waals surface area contributed by atoms with Crippen molar-refractivity contribution in [3.05, 3.63) is 47.9 Å². The van der Waals surface area contributed by atoms with Gasteiger partial charge in [0.05, 0.1) is 11.9 Å². The fourth-order valence-corrected chi connectivity index (χ4v) is 4.26. The molecule has 2 aromatic rings. The Morgan fingerprint density at radius 2 is 1.92 bits per heavy atom. The van der Waals surface area contributed by atoms with Crippen LogP contribution in [0.2, 0.25) is 0 Å². The van der Waals surface area contributed by atoms with Gasteiger partial charge in [-0.25, -0.2) is 22.2 Å². The quantitative estimate of drug-likeness (QED) is 0.798. The van der Waals surface area contributed by atoms with E-state index in [1.54, 1.807) is 7.05 Å². The number of amides is 1. The molecule has 1 aliphatic heterocycles. The molecule has 0 aliphatic carbocycles. The maximum Gasteiger partial charge on any atom is 0.262 e. The van der Waals surface area contributed by atoms with Crippen LogP contribution in [0.1, 0.15) is 16.8 Å². The number of carbonyl (C=O) groups is 1. The Morgan fingerprint density at radius 3 is 2.58 bits per heavy atom. The molecule has 3 rings (SSSR count). The van der Waals surface area contributed by atoms with Crippen molar-refractivity contribution in [2.24, 2.45) is 7.05 Å². The Labute approximate surface area is 149 Å². The minimum Gasteiger partial charge on any atom is -0.339 e. The first-order valence-electron chi connectivity index (χ1n) is 8.01. The first kappa shape index (κ1) is 18.5. The Bertz CT molecular complexity index is 929. The zero-order valence-electron chi connectivity index (χ0n) is 14.1. The van der Waals surface area contributed by atoms with Gasteiger partial charge in [-0.05, 0) is 18.6 Å². The molecule has 0 unspecified atom stereocenters. The number of benzene rings is 1. The van der Waals surface area contributed by atoms with Gasteiger partial charge in [-0.2, -0.15) is 4.31 Å². The maximum absolute atomic E-state index is 13.8. The number of aryl methyl sites for hydroxylation is 1. The summed E-state index contributed by atoms with van der Waals surface area (Å²) < 4.78 is 54.9. The van der Waals surface area contributed by atoms with Crippen LogP contribution in [0.15, 0.2) is 35.7 Å². The van der Waals surface area contributed by atoms with E-state index in [4.69, 9.17) is 0 Å². The Morgan fingerprint density at radius 1 is 1.15 bits per heavy atom. The minimum atomic E-state index is -3.75. The van der Waals surface area contributed by atoms with Gasteiger partial charge < -0.3 is 9.47 Å². The van der Waals surface area contributed by atoms with Gasteiger partial charge in [-0.15, -0.1) is 0 Å². The van der Waals surface area contributed by atoms with Crippen molar-refractivity contribution >= 4 is 15.9 Å². The number of hydrogen-bond acceptors (Lipinski definition) is 4. The van der Waals surface area contributed by atoms with E-state index in [0.29, 0.717) is 12.5 Å². The van der Waals surface area contributed by atoms with Crippen LogP contribution >= 0.6 is 0 Å². The number of sulfonamides is 1. The molecule has 7 nitrogen and oxygen atoms in total. The molecule has 1 aromatic heterocycles. The Balaban J connectivity index is 1.75. The molecule has 1 fully saturated rings. The monoisotopic (exact) mass is 384 g/mol. The molecule has 0 bridgehead atoms. The lowest BCUT2D eigenvalue weighted by Crippen LogP contribution is -2.37. The molecular weight excluding hydrogens is 366 g/mol. The first-order chi connectivity index (χ1) is 12.3. The number of carbonyl (C=O) groups excluding carboxylic acids is 1. The lowest BCUT2D eigenvalue weighted by atomic mass is 10.1. The van der Waals surface area contributed by atoms with Crippen molar-refractivity contribution in [3.63, 3.8) is 0 Å². The third kappa shape index (κ3) is 3.61. The summed E-state index contributed by atoms with van der Waals surface area (Å²) in [5.41, 5.74) is -0.229. The van der Waals surface area contributed by atoms with E-state index in [1.165, 1.54) is 26.3 Å². The second-order valence-corrected chi connectivity index (χ2v) is 7.94. The summed E-state index contributed by atoms with van der Waals surface area (Å²) in [5.74, 6) is -2.28. The average Bonchev–Trinajstić information content (AvgIpc) is 2.88. The number of hydrogen-bond donors (Lipinski definition) is 0. The van der Waals surface area contributed by atoms with E-state index in [0.717, 1.165) is 12.1 Å². The van der Waals surface area contributed by atoms with E-state index in [1.807, 2.05) is 0 Å². The molecule has 0 spiro atoms. The second kappa shape index (κ2) is 7.12. The van der Waals surface area contributed by atoms with Crippen molar-refractivity contribution in [1.82, 2.24) is 18.8 Å². The van der Waals surface area contributed by atoms with Crippen molar-refractivity contribution in [2.75, 3.05) is 26.2 Å². The van der Waals surface area contributed by atoms with Crippen LogP contribution in [-0.2, 0) is 17.1 Å². The van der Waals surface area contributed by atoms with Gasteiger partial charge in [-0.3, -0.25) is 4.79 Å². The predicted octanol–water partition coefficient (Wildman–Crippen LogP) is 1.24. The lowest BCUT2D eigenvalue weighted by molar-refractivity contribution is 0.0759. The van der Waals surface area contributed by atoms with E-state index in [-0.39, 0.29) is 36.8 Å². The summed E-state index contributed by atoms with van der Waals surface area (Å²) in [7, 11) is -2.08. The van der Waals surface area contributed by atoms with Crippen LogP contribution in [0.5, 0.6) is 0 Å². The van der Waals surface area contributed by atoms with E-state index in [9.17, 15) is 22.0 Å². The van der Waals surface area contributed by atoms with Gasteiger partial charge in [-0.1, -0.05) is 0 Å².